The molecule has 0 radical (unpaired) electrons. The van der Waals surface area contributed by atoms with Crippen LogP contribution in [0, 0.1) is 0 Å². The third kappa shape index (κ3) is 6.64. The van der Waals surface area contributed by atoms with Gasteiger partial charge in [-0.1, -0.05) is 72.8 Å². The average Bonchev–Trinajstić information content (AvgIpc) is 3.41. The predicted molar refractivity (Wildman–Crippen MR) is 148 cm³/mol. The first-order chi connectivity index (χ1) is 18.1. The van der Waals surface area contributed by atoms with Gasteiger partial charge in [0.1, 0.15) is 0 Å². The minimum absolute atomic E-state index is 0.147. The molecule has 1 aliphatic heterocycles. The Bertz CT molecular complexity index is 1260. The van der Waals surface area contributed by atoms with Gasteiger partial charge in [-0.25, -0.2) is 4.79 Å². The summed E-state index contributed by atoms with van der Waals surface area (Å²) in [7, 11) is 0. The van der Waals surface area contributed by atoms with Crippen LogP contribution in [-0.2, 0) is 19.6 Å². The van der Waals surface area contributed by atoms with Gasteiger partial charge in [0, 0.05) is 48.3 Å². The number of urea groups is 1. The van der Waals surface area contributed by atoms with Crippen molar-refractivity contribution in [1.82, 2.24) is 15.1 Å². The summed E-state index contributed by atoms with van der Waals surface area (Å²) in [6.45, 7) is 3.47. The number of hydrogen-bond donors (Lipinski definition) is 2. The molecule has 0 atom stereocenters. The van der Waals surface area contributed by atoms with Crippen molar-refractivity contribution < 1.29 is 9.59 Å². The number of nitrogens with one attached hydrogen (secondary N) is 2. The molecule has 0 saturated carbocycles. The van der Waals surface area contributed by atoms with Crippen molar-refractivity contribution in [2.45, 2.75) is 25.7 Å². The quantitative estimate of drug-likeness (QED) is 0.308. The molecule has 3 amide bonds. The minimum Gasteiger partial charge on any atom is -0.347 e. The Hall–Kier alpha value is -3.94. The highest BCUT2D eigenvalue weighted by atomic mass is 32.1. The van der Waals surface area contributed by atoms with E-state index in [2.05, 4.69) is 64.1 Å². The highest BCUT2D eigenvalue weighted by Crippen LogP contribution is 2.22. The highest BCUT2D eigenvalue weighted by molar-refractivity contribution is 7.09. The van der Waals surface area contributed by atoms with Crippen molar-refractivity contribution in [3.63, 3.8) is 0 Å². The van der Waals surface area contributed by atoms with Gasteiger partial charge in [-0.3, -0.25) is 9.69 Å². The van der Waals surface area contributed by atoms with E-state index in [1.54, 1.807) is 29.5 Å². The molecule has 3 aromatic carbocycles. The second-order valence-electron chi connectivity index (χ2n) is 9.21. The van der Waals surface area contributed by atoms with E-state index in [4.69, 9.17) is 0 Å². The SMILES string of the molecule is O=C(NCc1cccs1)c1cccc(NC(=O)N2CC(N(Cc3ccccc3)Cc3ccccc3)C2)c1. The number of hydrogen-bond acceptors (Lipinski definition) is 4. The number of benzene rings is 3. The van der Waals surface area contributed by atoms with Gasteiger partial charge < -0.3 is 15.5 Å². The molecule has 1 aromatic heterocycles. The van der Waals surface area contributed by atoms with Crippen LogP contribution in [-0.4, -0.2) is 40.9 Å². The molecule has 0 spiro atoms. The van der Waals surface area contributed by atoms with Gasteiger partial charge in [0.25, 0.3) is 5.91 Å². The Morgan fingerprint density at radius 1 is 0.838 bits per heavy atom. The van der Waals surface area contributed by atoms with Crippen molar-refractivity contribution >= 4 is 29.0 Å². The van der Waals surface area contributed by atoms with Gasteiger partial charge in [0.2, 0.25) is 0 Å². The third-order valence-electron chi connectivity index (χ3n) is 6.50. The van der Waals surface area contributed by atoms with Gasteiger partial charge in [-0.05, 0) is 40.8 Å². The molecule has 1 fully saturated rings. The Morgan fingerprint density at radius 2 is 1.51 bits per heavy atom. The number of carbonyl (C=O) groups is 2. The molecule has 6 nitrogen and oxygen atoms in total. The normalized spacial score (nSPS) is 13.3. The average molecular weight is 511 g/mol. The van der Waals surface area contributed by atoms with Crippen LogP contribution in [0.1, 0.15) is 26.4 Å². The van der Waals surface area contributed by atoms with Crippen LogP contribution in [0.25, 0.3) is 0 Å². The lowest BCUT2D eigenvalue weighted by Gasteiger charge is -2.45. The lowest BCUT2D eigenvalue weighted by Crippen LogP contribution is -2.61. The van der Waals surface area contributed by atoms with Gasteiger partial charge in [0.05, 0.1) is 6.54 Å². The summed E-state index contributed by atoms with van der Waals surface area (Å²) >= 11 is 1.61. The number of likely N-dealkylation sites (tertiary alicyclic amines) is 1. The zero-order valence-electron chi connectivity index (χ0n) is 20.5. The van der Waals surface area contributed by atoms with E-state index < -0.39 is 0 Å². The van der Waals surface area contributed by atoms with Gasteiger partial charge in [0.15, 0.2) is 0 Å². The Morgan fingerprint density at radius 3 is 2.14 bits per heavy atom. The minimum atomic E-state index is -0.161. The first kappa shape index (κ1) is 24.7. The summed E-state index contributed by atoms with van der Waals surface area (Å²) in [6, 6.07) is 32.0. The monoisotopic (exact) mass is 510 g/mol. The zero-order valence-corrected chi connectivity index (χ0v) is 21.4. The van der Waals surface area contributed by atoms with Crippen LogP contribution in [0.4, 0.5) is 10.5 Å². The van der Waals surface area contributed by atoms with E-state index in [0.717, 1.165) is 18.0 Å². The van der Waals surface area contributed by atoms with Gasteiger partial charge >= 0.3 is 6.03 Å². The molecule has 188 valence electrons. The van der Waals surface area contributed by atoms with Crippen molar-refractivity contribution in [3.8, 4) is 0 Å². The second-order valence-corrected chi connectivity index (χ2v) is 10.2. The number of anilines is 1. The number of rotatable bonds is 9. The number of carbonyl (C=O) groups excluding carboxylic acids is 2. The van der Waals surface area contributed by atoms with Crippen molar-refractivity contribution in [3.05, 3.63) is 124 Å². The maximum atomic E-state index is 12.9. The summed E-state index contributed by atoms with van der Waals surface area (Å²) in [5.74, 6) is -0.161. The summed E-state index contributed by atoms with van der Waals surface area (Å²) in [5.41, 5.74) is 3.65. The summed E-state index contributed by atoms with van der Waals surface area (Å²) in [4.78, 5) is 30.9. The van der Waals surface area contributed by atoms with E-state index in [1.807, 2.05) is 40.6 Å². The first-order valence-electron chi connectivity index (χ1n) is 12.4. The topological polar surface area (TPSA) is 64.7 Å². The van der Waals surface area contributed by atoms with E-state index in [1.165, 1.54) is 11.1 Å². The smallest absolute Gasteiger partial charge is 0.321 e. The third-order valence-corrected chi connectivity index (χ3v) is 7.38. The summed E-state index contributed by atoms with van der Waals surface area (Å²) in [6.07, 6.45) is 0. The molecule has 7 heteroatoms. The molecule has 0 aliphatic carbocycles. The van der Waals surface area contributed by atoms with Crippen LogP contribution in [0.5, 0.6) is 0 Å². The molecule has 2 heterocycles. The van der Waals surface area contributed by atoms with Crippen LogP contribution >= 0.6 is 11.3 Å². The Balaban J connectivity index is 1.17. The van der Waals surface area contributed by atoms with Crippen LogP contribution in [0.15, 0.2) is 102 Å². The fourth-order valence-electron chi connectivity index (χ4n) is 4.43. The predicted octanol–water partition coefficient (Wildman–Crippen LogP) is 5.60. The molecular weight excluding hydrogens is 480 g/mol. The molecule has 1 saturated heterocycles. The van der Waals surface area contributed by atoms with E-state index in [9.17, 15) is 9.59 Å². The summed E-state index contributed by atoms with van der Waals surface area (Å²) < 4.78 is 0. The molecular formula is C30H30N4O2S. The van der Waals surface area contributed by atoms with E-state index >= 15 is 0 Å². The van der Waals surface area contributed by atoms with Crippen molar-refractivity contribution in [2.24, 2.45) is 0 Å². The largest absolute Gasteiger partial charge is 0.347 e. The van der Waals surface area contributed by atoms with Crippen LogP contribution < -0.4 is 10.6 Å². The van der Waals surface area contributed by atoms with Gasteiger partial charge in [-0.2, -0.15) is 0 Å². The Kier molecular flexibility index (Phi) is 7.93. The Labute approximate surface area is 221 Å². The lowest BCUT2D eigenvalue weighted by molar-refractivity contribution is 0.0509. The standard InChI is InChI=1S/C30H30N4O2S/c35-29(31-18-28-15-8-16-37-28)25-13-7-14-26(17-25)32-30(36)34-21-27(22-34)33(19-23-9-3-1-4-10-23)20-24-11-5-2-6-12-24/h1-17,27H,18-22H2,(H,31,35)(H,32,36). The molecule has 1 aliphatic rings. The van der Waals surface area contributed by atoms with Crippen LogP contribution in [0.2, 0.25) is 0 Å². The molecule has 0 unspecified atom stereocenters. The van der Waals surface area contributed by atoms with Crippen molar-refractivity contribution in [1.29, 1.82) is 0 Å². The summed E-state index contributed by atoms with van der Waals surface area (Å²) in [5, 5.41) is 7.87. The zero-order chi connectivity index (χ0) is 25.5. The fourth-order valence-corrected chi connectivity index (χ4v) is 5.07. The van der Waals surface area contributed by atoms with Crippen molar-refractivity contribution in [2.75, 3.05) is 18.4 Å². The first-order valence-corrected chi connectivity index (χ1v) is 13.3. The highest BCUT2D eigenvalue weighted by Gasteiger charge is 2.35. The number of amides is 3. The van der Waals surface area contributed by atoms with Gasteiger partial charge in [-0.15, -0.1) is 11.3 Å². The lowest BCUT2D eigenvalue weighted by atomic mass is 10.0. The number of thiophene rings is 1. The maximum absolute atomic E-state index is 12.9. The molecule has 2 N–H and O–H groups in total. The van der Waals surface area contributed by atoms with Crippen LogP contribution in [0.3, 0.4) is 0 Å². The maximum Gasteiger partial charge on any atom is 0.321 e. The molecule has 37 heavy (non-hydrogen) atoms. The molecule has 5 rings (SSSR count). The number of nitrogens with zero attached hydrogens (tertiary/aromatic N) is 2. The molecule has 0 bridgehead atoms. The fraction of sp³-hybridized carbons (Fsp3) is 0.200. The van der Waals surface area contributed by atoms with E-state index in [0.29, 0.717) is 30.9 Å². The second kappa shape index (κ2) is 11.9. The molecule has 4 aromatic rings. The van der Waals surface area contributed by atoms with E-state index in [-0.39, 0.29) is 18.0 Å².